The number of aliphatic hydroxyl groups is 1. The molecule has 1 aliphatic rings. The number of benzene rings is 1. The van der Waals surface area contributed by atoms with E-state index in [1.165, 1.54) is 0 Å². The van der Waals surface area contributed by atoms with Crippen molar-refractivity contribution in [3.8, 4) is 0 Å². The molecule has 0 radical (unpaired) electrons. The number of fused-ring (bicyclic) bond motifs is 1. The molecular weight excluding hydrogens is 240 g/mol. The van der Waals surface area contributed by atoms with Gasteiger partial charge < -0.3 is 15.0 Å². The summed E-state index contributed by atoms with van der Waals surface area (Å²) in [6, 6.07) is 9.84. The number of carbonyl (C=O) groups excluding carboxylic acids is 1. The monoisotopic (exact) mass is 258 g/mol. The highest BCUT2D eigenvalue weighted by Gasteiger charge is 2.42. The largest absolute Gasteiger partial charge is 0.396 e. The summed E-state index contributed by atoms with van der Waals surface area (Å²) in [5, 5.41) is 13.3. The standard InChI is InChI=1S/C15H18N2O2/c1-17-12-5-3-2-4-11(12)8-13(17)14(19)16-9-15(10-18)6-7-15/h2-5,8,18H,6-7,9-10H2,1H3,(H,16,19). The second-order valence-electron chi connectivity index (χ2n) is 5.49. The van der Waals surface area contributed by atoms with Crippen molar-refractivity contribution in [2.24, 2.45) is 12.5 Å². The average molecular weight is 258 g/mol. The zero-order valence-corrected chi connectivity index (χ0v) is 11.0. The summed E-state index contributed by atoms with van der Waals surface area (Å²) in [4.78, 5) is 12.2. The van der Waals surface area contributed by atoms with Gasteiger partial charge in [0.2, 0.25) is 0 Å². The van der Waals surface area contributed by atoms with Crippen molar-refractivity contribution in [2.75, 3.05) is 13.2 Å². The Morgan fingerprint density at radius 1 is 1.42 bits per heavy atom. The number of carbonyl (C=O) groups is 1. The summed E-state index contributed by atoms with van der Waals surface area (Å²) in [7, 11) is 1.90. The maximum Gasteiger partial charge on any atom is 0.267 e. The number of para-hydroxylation sites is 1. The highest BCUT2D eigenvalue weighted by molar-refractivity contribution is 5.98. The van der Waals surface area contributed by atoms with E-state index < -0.39 is 0 Å². The molecule has 1 saturated carbocycles. The number of aryl methyl sites for hydroxylation is 1. The van der Waals surface area contributed by atoms with Gasteiger partial charge in [0.05, 0.1) is 6.61 Å². The third-order valence-corrected chi connectivity index (χ3v) is 4.10. The summed E-state index contributed by atoms with van der Waals surface area (Å²) < 4.78 is 1.91. The van der Waals surface area contributed by atoms with Crippen molar-refractivity contribution < 1.29 is 9.90 Å². The SMILES string of the molecule is Cn1c(C(=O)NCC2(CO)CC2)cc2ccccc21. The van der Waals surface area contributed by atoms with Crippen LogP contribution in [0.1, 0.15) is 23.3 Å². The molecule has 2 aromatic rings. The first-order chi connectivity index (χ1) is 9.15. The molecule has 100 valence electrons. The fourth-order valence-corrected chi connectivity index (χ4v) is 2.43. The zero-order chi connectivity index (χ0) is 13.5. The molecule has 1 heterocycles. The Morgan fingerprint density at radius 2 is 2.16 bits per heavy atom. The molecule has 19 heavy (non-hydrogen) atoms. The molecule has 1 aromatic heterocycles. The van der Waals surface area contributed by atoms with Gasteiger partial charge in [-0.1, -0.05) is 18.2 Å². The number of nitrogens with one attached hydrogen (secondary N) is 1. The molecule has 0 spiro atoms. The number of hydrogen-bond acceptors (Lipinski definition) is 2. The molecule has 0 atom stereocenters. The van der Waals surface area contributed by atoms with E-state index >= 15 is 0 Å². The van der Waals surface area contributed by atoms with E-state index in [-0.39, 0.29) is 17.9 Å². The Balaban J connectivity index is 1.80. The molecule has 0 unspecified atom stereocenters. The van der Waals surface area contributed by atoms with Crippen LogP contribution in [0.2, 0.25) is 0 Å². The van der Waals surface area contributed by atoms with Gasteiger partial charge in [0.15, 0.2) is 0 Å². The van der Waals surface area contributed by atoms with Gasteiger partial charge in [-0.05, 0) is 25.0 Å². The van der Waals surface area contributed by atoms with E-state index in [0.29, 0.717) is 12.2 Å². The first-order valence-electron chi connectivity index (χ1n) is 6.59. The van der Waals surface area contributed by atoms with Crippen LogP contribution in [0.4, 0.5) is 0 Å². The van der Waals surface area contributed by atoms with E-state index in [0.717, 1.165) is 23.7 Å². The molecule has 0 aliphatic heterocycles. The maximum atomic E-state index is 12.2. The minimum Gasteiger partial charge on any atom is -0.396 e. The lowest BCUT2D eigenvalue weighted by molar-refractivity contribution is 0.0927. The van der Waals surface area contributed by atoms with Crippen LogP contribution in [0.15, 0.2) is 30.3 Å². The summed E-state index contributed by atoms with van der Waals surface area (Å²) in [5.41, 5.74) is 1.66. The molecule has 1 aliphatic carbocycles. The van der Waals surface area contributed by atoms with E-state index in [9.17, 15) is 9.90 Å². The van der Waals surface area contributed by atoms with E-state index in [1.807, 2.05) is 41.9 Å². The van der Waals surface area contributed by atoms with Gasteiger partial charge in [-0.2, -0.15) is 0 Å². The molecule has 0 bridgehead atoms. The van der Waals surface area contributed by atoms with Gasteiger partial charge in [-0.25, -0.2) is 0 Å². The van der Waals surface area contributed by atoms with Gasteiger partial charge in [0.25, 0.3) is 5.91 Å². The second kappa shape index (κ2) is 4.38. The van der Waals surface area contributed by atoms with E-state index in [2.05, 4.69) is 5.32 Å². The fraction of sp³-hybridized carbons (Fsp3) is 0.400. The molecular formula is C15H18N2O2. The number of aliphatic hydroxyl groups excluding tert-OH is 1. The summed E-state index contributed by atoms with van der Waals surface area (Å²) in [6.07, 6.45) is 2.00. The van der Waals surface area contributed by atoms with Crippen molar-refractivity contribution in [1.29, 1.82) is 0 Å². The molecule has 3 rings (SSSR count). The zero-order valence-electron chi connectivity index (χ0n) is 11.0. The van der Waals surface area contributed by atoms with Gasteiger partial charge in [0.1, 0.15) is 5.69 Å². The molecule has 1 fully saturated rings. The van der Waals surface area contributed by atoms with Crippen molar-refractivity contribution in [1.82, 2.24) is 9.88 Å². The van der Waals surface area contributed by atoms with Crippen LogP contribution in [-0.4, -0.2) is 28.7 Å². The van der Waals surface area contributed by atoms with Crippen molar-refractivity contribution in [3.05, 3.63) is 36.0 Å². The lowest BCUT2D eigenvalue weighted by atomic mass is 10.1. The van der Waals surface area contributed by atoms with Crippen LogP contribution in [0.5, 0.6) is 0 Å². The molecule has 4 nitrogen and oxygen atoms in total. The van der Waals surface area contributed by atoms with Crippen LogP contribution < -0.4 is 5.32 Å². The van der Waals surface area contributed by atoms with Crippen molar-refractivity contribution in [2.45, 2.75) is 12.8 Å². The minimum atomic E-state index is -0.0709. The highest BCUT2D eigenvalue weighted by Crippen LogP contribution is 2.44. The first-order valence-corrected chi connectivity index (χ1v) is 6.59. The molecule has 1 amide bonds. The Hall–Kier alpha value is -1.81. The lowest BCUT2D eigenvalue weighted by Crippen LogP contribution is -2.32. The summed E-state index contributed by atoms with van der Waals surface area (Å²) >= 11 is 0. The predicted octanol–water partition coefficient (Wildman–Crippen LogP) is 1.68. The summed E-state index contributed by atoms with van der Waals surface area (Å²) in [6.45, 7) is 0.715. The van der Waals surface area contributed by atoms with Crippen LogP contribution in [0, 0.1) is 5.41 Å². The number of hydrogen-bond donors (Lipinski definition) is 2. The quantitative estimate of drug-likeness (QED) is 0.876. The average Bonchev–Trinajstić information content (AvgIpc) is 3.15. The van der Waals surface area contributed by atoms with Crippen LogP contribution >= 0.6 is 0 Å². The number of nitrogens with zero attached hydrogens (tertiary/aromatic N) is 1. The maximum absolute atomic E-state index is 12.2. The van der Waals surface area contributed by atoms with Crippen LogP contribution in [-0.2, 0) is 7.05 Å². The Bertz CT molecular complexity index is 626. The molecule has 2 N–H and O–H groups in total. The highest BCUT2D eigenvalue weighted by atomic mass is 16.3. The normalized spacial score (nSPS) is 16.5. The third kappa shape index (κ3) is 2.12. The smallest absolute Gasteiger partial charge is 0.267 e. The summed E-state index contributed by atoms with van der Waals surface area (Å²) in [5.74, 6) is -0.0709. The molecule has 4 heteroatoms. The van der Waals surface area contributed by atoms with E-state index in [1.54, 1.807) is 0 Å². The Morgan fingerprint density at radius 3 is 2.79 bits per heavy atom. The van der Waals surface area contributed by atoms with Gasteiger partial charge >= 0.3 is 0 Å². The van der Waals surface area contributed by atoms with Gasteiger partial charge in [-0.15, -0.1) is 0 Å². The molecule has 1 aromatic carbocycles. The van der Waals surface area contributed by atoms with Crippen molar-refractivity contribution >= 4 is 16.8 Å². The van der Waals surface area contributed by atoms with Crippen molar-refractivity contribution in [3.63, 3.8) is 0 Å². The minimum absolute atomic E-state index is 0.0553. The lowest BCUT2D eigenvalue weighted by Gasteiger charge is -2.13. The topological polar surface area (TPSA) is 54.3 Å². The fourth-order valence-electron chi connectivity index (χ4n) is 2.43. The predicted molar refractivity (Wildman–Crippen MR) is 74.0 cm³/mol. The third-order valence-electron chi connectivity index (χ3n) is 4.10. The number of aromatic nitrogens is 1. The van der Waals surface area contributed by atoms with Crippen LogP contribution in [0.3, 0.4) is 0 Å². The first kappa shape index (κ1) is 12.2. The van der Waals surface area contributed by atoms with Crippen LogP contribution in [0.25, 0.3) is 10.9 Å². The number of amides is 1. The number of rotatable bonds is 4. The van der Waals surface area contributed by atoms with Gasteiger partial charge in [-0.3, -0.25) is 4.79 Å². The second-order valence-corrected chi connectivity index (χ2v) is 5.49. The van der Waals surface area contributed by atoms with E-state index in [4.69, 9.17) is 0 Å². The van der Waals surface area contributed by atoms with Gasteiger partial charge in [0, 0.05) is 29.9 Å². The molecule has 0 saturated heterocycles. The Kier molecular flexibility index (Phi) is 2.82. The Labute approximate surface area is 112 Å².